The van der Waals surface area contributed by atoms with Crippen LogP contribution in [0.3, 0.4) is 0 Å². The maximum Gasteiger partial charge on any atom is 0.324 e. The van der Waals surface area contributed by atoms with Crippen molar-refractivity contribution >= 4 is 39.2 Å². The van der Waals surface area contributed by atoms with Gasteiger partial charge in [-0.3, -0.25) is 14.7 Å². The second kappa shape index (κ2) is 14.0. The Labute approximate surface area is 251 Å². The number of carbonyl (C=O) groups is 2. The number of pyridine rings is 1. The molecule has 1 aromatic carbocycles. The number of hydrogen-bond donors (Lipinski definition) is 5. The fourth-order valence-corrected chi connectivity index (χ4v) is 4.11. The van der Waals surface area contributed by atoms with Gasteiger partial charge in [-0.1, -0.05) is 39.8 Å². The Bertz CT molecular complexity index is 1470. The topological polar surface area (TPSA) is 185 Å². The number of aromatic nitrogens is 2. The molecule has 0 aliphatic carbocycles. The first-order chi connectivity index (χ1) is 20.0. The molecule has 1 aliphatic rings. The van der Waals surface area contributed by atoms with Crippen LogP contribution in [0, 0.1) is 11.3 Å². The zero-order valence-electron chi connectivity index (χ0n) is 25.2. The fourth-order valence-electron chi connectivity index (χ4n) is 4.11. The Morgan fingerprint density at radius 3 is 2.19 bits per heavy atom. The van der Waals surface area contributed by atoms with Gasteiger partial charge in [0.05, 0.1) is 19.1 Å². The van der Waals surface area contributed by atoms with E-state index in [1.54, 1.807) is 48.7 Å². The van der Waals surface area contributed by atoms with E-state index in [9.17, 15) is 18.0 Å². The summed E-state index contributed by atoms with van der Waals surface area (Å²) in [6.07, 6.45) is 3.44. The first-order valence-corrected chi connectivity index (χ1v) is 15.5. The molecular formula is C29H40N6O7S. The molecule has 0 unspecified atom stereocenters. The minimum absolute atomic E-state index is 0.0488. The van der Waals surface area contributed by atoms with Crippen LogP contribution in [0.4, 0.5) is 22.0 Å². The van der Waals surface area contributed by atoms with E-state index in [-0.39, 0.29) is 22.4 Å². The third kappa shape index (κ3) is 11.3. The van der Waals surface area contributed by atoms with Crippen LogP contribution in [0.25, 0.3) is 0 Å². The SMILES string of the molecule is CC(C)(C)c1cc(NC(=O)Nc2ccc(NC(=O)c3ccc(OCC(C)(C)[C@H]4CCNC4)cn3)cc2)no1.CS(=O)(=O)O. The molecule has 14 heteroatoms. The highest BCUT2D eigenvalue weighted by Crippen LogP contribution is 2.32. The van der Waals surface area contributed by atoms with Gasteiger partial charge >= 0.3 is 6.03 Å². The first kappa shape index (κ1) is 33.5. The third-order valence-electron chi connectivity index (χ3n) is 6.64. The van der Waals surface area contributed by atoms with Gasteiger partial charge in [-0.25, -0.2) is 9.78 Å². The molecule has 1 atom stereocenters. The number of hydrogen-bond acceptors (Lipinski definition) is 9. The largest absolute Gasteiger partial charge is 0.491 e. The Morgan fingerprint density at radius 2 is 1.67 bits per heavy atom. The van der Waals surface area contributed by atoms with Crippen molar-refractivity contribution in [2.75, 3.05) is 41.9 Å². The molecular weight excluding hydrogens is 576 g/mol. The molecule has 1 aliphatic heterocycles. The lowest BCUT2D eigenvalue weighted by Crippen LogP contribution is -2.32. The van der Waals surface area contributed by atoms with Crippen molar-refractivity contribution in [1.29, 1.82) is 0 Å². The minimum Gasteiger partial charge on any atom is -0.491 e. The molecule has 0 saturated carbocycles. The van der Waals surface area contributed by atoms with E-state index in [4.69, 9.17) is 13.8 Å². The Kier molecular flexibility index (Phi) is 10.9. The maximum atomic E-state index is 12.6. The van der Waals surface area contributed by atoms with Crippen molar-refractivity contribution in [1.82, 2.24) is 15.5 Å². The summed E-state index contributed by atoms with van der Waals surface area (Å²) < 4.78 is 37.1. The smallest absolute Gasteiger partial charge is 0.324 e. The summed E-state index contributed by atoms with van der Waals surface area (Å²) in [5.41, 5.74) is 1.24. The Morgan fingerprint density at radius 1 is 1.05 bits per heavy atom. The molecule has 2 aromatic heterocycles. The average molecular weight is 617 g/mol. The van der Waals surface area contributed by atoms with Crippen molar-refractivity contribution in [2.45, 2.75) is 46.5 Å². The summed E-state index contributed by atoms with van der Waals surface area (Å²) in [4.78, 5) is 29.2. The zero-order chi connectivity index (χ0) is 31.8. The van der Waals surface area contributed by atoms with Gasteiger partial charge in [-0.05, 0) is 61.8 Å². The van der Waals surface area contributed by atoms with Gasteiger partial charge in [0.25, 0.3) is 16.0 Å². The summed E-state index contributed by atoms with van der Waals surface area (Å²) in [7, 11) is -3.67. The van der Waals surface area contributed by atoms with Crippen LogP contribution >= 0.6 is 0 Å². The van der Waals surface area contributed by atoms with Crippen LogP contribution in [0.15, 0.2) is 53.2 Å². The van der Waals surface area contributed by atoms with Gasteiger partial charge in [0.2, 0.25) is 0 Å². The van der Waals surface area contributed by atoms with Crippen LogP contribution in [-0.4, -0.2) is 61.0 Å². The van der Waals surface area contributed by atoms with Crippen molar-refractivity contribution in [3.05, 3.63) is 60.1 Å². The van der Waals surface area contributed by atoms with Crippen LogP contribution in [0.1, 0.15) is 57.3 Å². The van der Waals surface area contributed by atoms with Crippen molar-refractivity contribution in [3.8, 4) is 5.75 Å². The van der Waals surface area contributed by atoms with Crippen molar-refractivity contribution < 1.29 is 31.8 Å². The van der Waals surface area contributed by atoms with Crippen LogP contribution < -0.4 is 26.0 Å². The summed E-state index contributed by atoms with van der Waals surface area (Å²) in [6.45, 7) is 13.1. The van der Waals surface area contributed by atoms with Gasteiger partial charge < -0.3 is 25.2 Å². The molecule has 0 bridgehead atoms. The van der Waals surface area contributed by atoms with Gasteiger partial charge in [-0.15, -0.1) is 0 Å². The molecule has 1 saturated heterocycles. The molecule has 3 amide bonds. The van der Waals surface area contributed by atoms with Crippen molar-refractivity contribution in [2.24, 2.45) is 11.3 Å². The average Bonchev–Trinajstić information content (AvgIpc) is 3.61. The zero-order valence-corrected chi connectivity index (χ0v) is 26.0. The molecule has 13 nitrogen and oxygen atoms in total. The summed E-state index contributed by atoms with van der Waals surface area (Å²) in [5, 5.41) is 15.4. The van der Waals surface area contributed by atoms with Gasteiger partial charge in [0.15, 0.2) is 5.82 Å². The normalized spacial score (nSPS) is 15.2. The fraction of sp³-hybridized carbons (Fsp3) is 0.448. The van der Waals surface area contributed by atoms with E-state index in [2.05, 4.69) is 45.3 Å². The molecule has 3 aromatic rings. The lowest BCUT2D eigenvalue weighted by molar-refractivity contribution is 0.102. The molecule has 4 rings (SSSR count). The van der Waals surface area contributed by atoms with Crippen LogP contribution in [0.5, 0.6) is 5.75 Å². The number of anilines is 3. The van der Waals surface area contributed by atoms with E-state index in [1.807, 2.05) is 20.8 Å². The number of ether oxygens (including phenoxy) is 1. The van der Waals surface area contributed by atoms with Gasteiger partial charge in [0.1, 0.15) is 17.2 Å². The van der Waals surface area contributed by atoms with E-state index in [0.717, 1.165) is 19.5 Å². The van der Waals surface area contributed by atoms with Crippen molar-refractivity contribution in [3.63, 3.8) is 0 Å². The Hall–Kier alpha value is -4.01. The lowest BCUT2D eigenvalue weighted by Gasteiger charge is -2.30. The number of nitrogens with zero attached hydrogens (tertiary/aromatic N) is 2. The number of nitrogens with one attached hydrogen (secondary N) is 4. The quantitative estimate of drug-likeness (QED) is 0.221. The predicted molar refractivity (Wildman–Crippen MR) is 164 cm³/mol. The molecule has 0 spiro atoms. The molecule has 3 heterocycles. The standard InChI is InChI=1S/C28H36N6O4.CH4O3S/c1-27(2,3)23-14-24(34-38-23)33-26(36)32-20-8-6-19(7-9-20)31-25(35)22-11-10-21(16-30-22)37-17-28(4,5)18-12-13-29-15-18;1-5(2,3)4/h6-11,14,16,18,29H,12-13,15,17H2,1-5H3,(H,31,35)(H2,32,33,34,36);1H3,(H,2,3,4)/t18-;/m0./s1. The van der Waals surface area contributed by atoms with Gasteiger partial charge in [-0.2, -0.15) is 8.42 Å². The van der Waals surface area contributed by atoms with Crippen LogP contribution in [-0.2, 0) is 15.5 Å². The number of rotatable bonds is 8. The van der Waals surface area contributed by atoms with E-state index in [0.29, 0.717) is 47.5 Å². The molecule has 234 valence electrons. The number of carbonyl (C=O) groups excluding carboxylic acids is 2. The summed E-state index contributed by atoms with van der Waals surface area (Å²) >= 11 is 0. The van der Waals surface area contributed by atoms with E-state index < -0.39 is 16.1 Å². The van der Waals surface area contributed by atoms with Gasteiger partial charge in [0, 0.05) is 28.3 Å². The Balaban J connectivity index is 0.000000934. The molecule has 0 radical (unpaired) electrons. The minimum atomic E-state index is -3.67. The summed E-state index contributed by atoms with van der Waals surface area (Å²) in [6, 6.07) is 11.4. The molecule has 5 N–H and O–H groups in total. The first-order valence-electron chi connectivity index (χ1n) is 13.7. The van der Waals surface area contributed by atoms with Crippen LogP contribution in [0.2, 0.25) is 0 Å². The van der Waals surface area contributed by atoms with E-state index in [1.165, 1.54) is 0 Å². The highest BCUT2D eigenvalue weighted by atomic mass is 32.2. The number of urea groups is 1. The third-order valence-corrected chi connectivity index (χ3v) is 6.64. The molecule has 43 heavy (non-hydrogen) atoms. The summed E-state index contributed by atoms with van der Waals surface area (Å²) in [5.74, 6) is 1.87. The second-order valence-corrected chi connectivity index (χ2v) is 13.5. The monoisotopic (exact) mass is 616 g/mol. The number of benzene rings is 1. The highest BCUT2D eigenvalue weighted by molar-refractivity contribution is 7.85. The van der Waals surface area contributed by atoms with E-state index >= 15 is 0 Å². The predicted octanol–water partition coefficient (Wildman–Crippen LogP) is 4.78. The lowest BCUT2D eigenvalue weighted by atomic mass is 9.79. The highest BCUT2D eigenvalue weighted by Gasteiger charge is 2.32. The maximum absolute atomic E-state index is 12.6. The second-order valence-electron chi connectivity index (χ2n) is 12.0. The number of amides is 3. The molecule has 1 fully saturated rings.